The van der Waals surface area contributed by atoms with Crippen LogP contribution < -0.4 is 10.2 Å². The van der Waals surface area contributed by atoms with Crippen LogP contribution in [0.15, 0.2) is 23.1 Å². The van der Waals surface area contributed by atoms with E-state index in [1.54, 1.807) is 6.92 Å². The zero-order chi connectivity index (χ0) is 18.4. The van der Waals surface area contributed by atoms with Crippen molar-refractivity contribution in [2.45, 2.75) is 32.2 Å². The van der Waals surface area contributed by atoms with Crippen LogP contribution in [-0.4, -0.2) is 23.5 Å². The predicted octanol–water partition coefficient (Wildman–Crippen LogP) is 3.55. The standard InChI is InChI=1S/C16H13F4NO4/c1-2-24-15(23)10-7-21(8-3-4-8)12-6-13(25-16(18,19)20)11(17)5-9(12)14(10)22/h5-8H,2-4H2,1H3. The second-order valence-corrected chi connectivity index (χ2v) is 5.58. The molecule has 1 heterocycles. The summed E-state index contributed by atoms with van der Waals surface area (Å²) in [6, 6.07) is 1.40. The van der Waals surface area contributed by atoms with Crippen molar-refractivity contribution in [1.29, 1.82) is 0 Å². The molecule has 1 fully saturated rings. The zero-order valence-electron chi connectivity index (χ0n) is 13.0. The Kier molecular flexibility index (Phi) is 4.18. The number of fused-ring (bicyclic) bond motifs is 1. The quantitative estimate of drug-likeness (QED) is 0.619. The highest BCUT2D eigenvalue weighted by atomic mass is 19.4. The van der Waals surface area contributed by atoms with E-state index >= 15 is 0 Å². The molecular formula is C16H13F4NO4. The Morgan fingerprint density at radius 3 is 2.56 bits per heavy atom. The monoisotopic (exact) mass is 359 g/mol. The van der Waals surface area contributed by atoms with Crippen LogP contribution in [0.3, 0.4) is 0 Å². The predicted molar refractivity (Wildman–Crippen MR) is 79.1 cm³/mol. The lowest BCUT2D eigenvalue weighted by atomic mass is 10.1. The maximum Gasteiger partial charge on any atom is 0.573 e. The average Bonchev–Trinajstić information content (AvgIpc) is 3.33. The van der Waals surface area contributed by atoms with Gasteiger partial charge < -0.3 is 14.0 Å². The van der Waals surface area contributed by atoms with Crippen LogP contribution in [0.2, 0.25) is 0 Å². The van der Waals surface area contributed by atoms with Gasteiger partial charge in [-0.1, -0.05) is 0 Å². The summed E-state index contributed by atoms with van der Waals surface area (Å²) < 4.78 is 61.2. The van der Waals surface area contributed by atoms with Crippen LogP contribution in [0, 0.1) is 5.82 Å². The van der Waals surface area contributed by atoms with Crippen molar-refractivity contribution >= 4 is 16.9 Å². The summed E-state index contributed by atoms with van der Waals surface area (Å²) in [5.74, 6) is -3.23. The summed E-state index contributed by atoms with van der Waals surface area (Å²) in [4.78, 5) is 24.4. The molecule has 2 aromatic rings. The molecule has 1 aliphatic carbocycles. The first kappa shape index (κ1) is 17.2. The van der Waals surface area contributed by atoms with Gasteiger partial charge >= 0.3 is 12.3 Å². The average molecular weight is 359 g/mol. The Morgan fingerprint density at radius 2 is 2.00 bits per heavy atom. The van der Waals surface area contributed by atoms with Crippen molar-refractivity contribution in [3.63, 3.8) is 0 Å². The molecule has 25 heavy (non-hydrogen) atoms. The molecule has 0 bridgehead atoms. The normalized spacial score (nSPS) is 14.6. The number of pyridine rings is 1. The van der Waals surface area contributed by atoms with Gasteiger partial charge in [-0.15, -0.1) is 13.2 Å². The molecule has 0 spiro atoms. The minimum absolute atomic E-state index is 0.0481. The van der Waals surface area contributed by atoms with E-state index in [1.165, 1.54) is 10.8 Å². The summed E-state index contributed by atoms with van der Waals surface area (Å²) in [7, 11) is 0. The van der Waals surface area contributed by atoms with E-state index in [0.717, 1.165) is 18.9 Å². The fourth-order valence-electron chi connectivity index (χ4n) is 2.56. The number of ether oxygens (including phenoxy) is 2. The number of hydrogen-bond acceptors (Lipinski definition) is 4. The molecule has 1 saturated carbocycles. The van der Waals surface area contributed by atoms with Gasteiger partial charge in [0.1, 0.15) is 5.56 Å². The molecule has 134 valence electrons. The molecule has 1 aromatic heterocycles. The van der Waals surface area contributed by atoms with E-state index in [-0.39, 0.29) is 29.1 Å². The Bertz CT molecular complexity index is 900. The minimum atomic E-state index is -5.07. The smallest absolute Gasteiger partial charge is 0.462 e. The van der Waals surface area contributed by atoms with E-state index in [2.05, 4.69) is 4.74 Å². The summed E-state index contributed by atoms with van der Waals surface area (Å²) in [6.07, 6.45) is -2.36. The summed E-state index contributed by atoms with van der Waals surface area (Å²) >= 11 is 0. The van der Waals surface area contributed by atoms with Crippen LogP contribution in [0.1, 0.15) is 36.2 Å². The number of alkyl halides is 3. The molecule has 0 saturated heterocycles. The van der Waals surface area contributed by atoms with Crippen molar-refractivity contribution in [3.05, 3.63) is 39.9 Å². The van der Waals surface area contributed by atoms with E-state index in [9.17, 15) is 27.2 Å². The van der Waals surface area contributed by atoms with Crippen LogP contribution >= 0.6 is 0 Å². The third-order valence-corrected chi connectivity index (χ3v) is 3.75. The summed E-state index contributed by atoms with van der Waals surface area (Å²) in [5, 5.41) is -0.204. The van der Waals surface area contributed by atoms with Gasteiger partial charge in [-0.2, -0.15) is 0 Å². The number of rotatable bonds is 4. The summed E-state index contributed by atoms with van der Waals surface area (Å²) in [5.41, 5.74) is -1.02. The van der Waals surface area contributed by atoms with Gasteiger partial charge in [0.2, 0.25) is 5.43 Å². The van der Waals surface area contributed by atoms with Crippen LogP contribution in [-0.2, 0) is 4.74 Å². The number of nitrogens with zero attached hydrogens (tertiary/aromatic N) is 1. The van der Waals surface area contributed by atoms with Gasteiger partial charge in [-0.05, 0) is 25.8 Å². The van der Waals surface area contributed by atoms with Crippen molar-refractivity contribution < 1.29 is 31.8 Å². The fourth-order valence-corrected chi connectivity index (χ4v) is 2.56. The number of esters is 1. The van der Waals surface area contributed by atoms with Crippen molar-refractivity contribution in [1.82, 2.24) is 4.57 Å². The Balaban J connectivity index is 2.23. The topological polar surface area (TPSA) is 57.5 Å². The number of benzene rings is 1. The first-order valence-corrected chi connectivity index (χ1v) is 7.52. The van der Waals surface area contributed by atoms with Crippen LogP contribution in [0.25, 0.3) is 10.9 Å². The number of aromatic nitrogens is 1. The Hall–Kier alpha value is -2.58. The lowest BCUT2D eigenvalue weighted by Crippen LogP contribution is -2.22. The van der Waals surface area contributed by atoms with Gasteiger partial charge in [0, 0.05) is 23.7 Å². The van der Waals surface area contributed by atoms with Gasteiger partial charge in [-0.3, -0.25) is 4.79 Å². The molecular weight excluding hydrogens is 346 g/mol. The number of halogens is 4. The van der Waals surface area contributed by atoms with Crippen LogP contribution in [0.4, 0.5) is 17.6 Å². The van der Waals surface area contributed by atoms with Crippen molar-refractivity contribution in [3.8, 4) is 5.75 Å². The highest BCUT2D eigenvalue weighted by Gasteiger charge is 2.34. The molecule has 5 nitrogen and oxygen atoms in total. The molecule has 0 radical (unpaired) electrons. The zero-order valence-corrected chi connectivity index (χ0v) is 13.0. The molecule has 0 atom stereocenters. The fraction of sp³-hybridized carbons (Fsp3) is 0.375. The highest BCUT2D eigenvalue weighted by Crippen LogP contribution is 2.38. The number of carbonyl (C=O) groups is 1. The lowest BCUT2D eigenvalue weighted by molar-refractivity contribution is -0.275. The Morgan fingerprint density at radius 1 is 1.32 bits per heavy atom. The van der Waals surface area contributed by atoms with Gasteiger partial charge in [0.15, 0.2) is 11.6 Å². The molecule has 3 rings (SSSR count). The Labute approximate surface area is 138 Å². The first-order valence-electron chi connectivity index (χ1n) is 7.52. The third-order valence-electron chi connectivity index (χ3n) is 3.75. The van der Waals surface area contributed by atoms with E-state index in [0.29, 0.717) is 6.07 Å². The second kappa shape index (κ2) is 6.05. The molecule has 0 amide bonds. The van der Waals surface area contributed by atoms with Crippen molar-refractivity contribution in [2.24, 2.45) is 0 Å². The molecule has 9 heteroatoms. The third kappa shape index (κ3) is 3.45. The van der Waals surface area contributed by atoms with E-state index in [1.807, 2.05) is 0 Å². The van der Waals surface area contributed by atoms with Crippen molar-refractivity contribution in [2.75, 3.05) is 6.61 Å². The van der Waals surface area contributed by atoms with Gasteiger partial charge in [-0.25, -0.2) is 9.18 Å². The van der Waals surface area contributed by atoms with Gasteiger partial charge in [0.05, 0.1) is 12.1 Å². The maximum absolute atomic E-state index is 14.0. The SMILES string of the molecule is CCOC(=O)c1cn(C2CC2)c2cc(OC(F)(F)F)c(F)cc2c1=O. The molecule has 0 N–H and O–H groups in total. The molecule has 0 aliphatic heterocycles. The van der Waals surface area contributed by atoms with E-state index < -0.39 is 29.3 Å². The number of hydrogen-bond donors (Lipinski definition) is 0. The maximum atomic E-state index is 14.0. The molecule has 1 aliphatic rings. The largest absolute Gasteiger partial charge is 0.573 e. The molecule has 1 aromatic carbocycles. The molecule has 0 unspecified atom stereocenters. The number of carbonyl (C=O) groups excluding carboxylic acids is 1. The lowest BCUT2D eigenvalue weighted by Gasteiger charge is -2.15. The van der Waals surface area contributed by atoms with E-state index in [4.69, 9.17) is 4.74 Å². The first-order chi connectivity index (χ1) is 11.7. The second-order valence-electron chi connectivity index (χ2n) is 5.58. The van der Waals surface area contributed by atoms with Crippen LogP contribution in [0.5, 0.6) is 5.75 Å². The van der Waals surface area contributed by atoms with Gasteiger partial charge in [0.25, 0.3) is 0 Å². The minimum Gasteiger partial charge on any atom is -0.462 e. The highest BCUT2D eigenvalue weighted by molar-refractivity contribution is 5.94. The summed E-state index contributed by atoms with van der Waals surface area (Å²) in [6.45, 7) is 1.62.